The minimum atomic E-state index is 0.603. The summed E-state index contributed by atoms with van der Waals surface area (Å²) in [5.41, 5.74) is 6.29. The smallest absolute Gasteiger partial charge is 0.0149 e. The Labute approximate surface area is 152 Å². The zero-order valence-corrected chi connectivity index (χ0v) is 15.9. The average molecular weight is 331 g/mol. The maximum Gasteiger partial charge on any atom is -0.0149 e. The molecule has 0 atom stereocenters. The van der Waals surface area contributed by atoms with Gasteiger partial charge in [0.25, 0.3) is 0 Å². The molecule has 1 aliphatic carbocycles. The topological polar surface area (TPSA) is 0 Å². The van der Waals surface area contributed by atoms with E-state index in [4.69, 9.17) is 0 Å². The molecule has 0 unspecified atom stereocenters. The summed E-state index contributed by atoms with van der Waals surface area (Å²) in [5, 5.41) is 2.73. The van der Waals surface area contributed by atoms with Gasteiger partial charge in [-0.2, -0.15) is 0 Å². The van der Waals surface area contributed by atoms with E-state index in [-0.39, 0.29) is 0 Å². The Morgan fingerprint density at radius 2 is 1.52 bits per heavy atom. The van der Waals surface area contributed by atoms with Gasteiger partial charge in [0.2, 0.25) is 0 Å². The summed E-state index contributed by atoms with van der Waals surface area (Å²) in [7, 11) is 0. The third kappa shape index (κ3) is 4.12. The van der Waals surface area contributed by atoms with E-state index >= 15 is 0 Å². The van der Waals surface area contributed by atoms with E-state index in [0.717, 1.165) is 0 Å². The minimum absolute atomic E-state index is 0.603. The van der Waals surface area contributed by atoms with Gasteiger partial charge in [-0.25, -0.2) is 0 Å². The van der Waals surface area contributed by atoms with E-state index in [1.165, 1.54) is 48.4 Å². The molecule has 0 aromatic heterocycles. The fourth-order valence-electron chi connectivity index (χ4n) is 3.95. The largest absolute Gasteiger partial charge is 0.0617 e. The monoisotopic (exact) mass is 330 g/mol. The number of aryl methyl sites for hydroxylation is 2. The maximum atomic E-state index is 2.30. The van der Waals surface area contributed by atoms with Gasteiger partial charge in [0.05, 0.1) is 0 Å². The normalized spacial score (nSPS) is 13.3. The average Bonchev–Trinajstić information content (AvgIpc) is 2.67. The van der Waals surface area contributed by atoms with Crippen LogP contribution in [-0.4, -0.2) is 0 Å². The Morgan fingerprint density at radius 3 is 2.32 bits per heavy atom. The molecule has 0 radical (unpaired) electrons. The van der Waals surface area contributed by atoms with E-state index in [1.807, 2.05) is 0 Å². The Bertz CT molecular complexity index is 807. The fraction of sp³-hybridized carbons (Fsp3) is 0.360. The highest BCUT2D eigenvalue weighted by Crippen LogP contribution is 2.25. The molecule has 0 amide bonds. The van der Waals surface area contributed by atoms with Crippen molar-refractivity contribution < 1.29 is 0 Å². The molecule has 3 aromatic carbocycles. The van der Waals surface area contributed by atoms with Crippen LogP contribution < -0.4 is 0 Å². The molecule has 0 aliphatic heterocycles. The number of fused-ring (bicyclic) bond motifs is 2. The number of hydrogen-bond donors (Lipinski definition) is 0. The third-order valence-corrected chi connectivity index (χ3v) is 5.32. The van der Waals surface area contributed by atoms with Crippen LogP contribution in [0.5, 0.6) is 0 Å². The van der Waals surface area contributed by atoms with Crippen molar-refractivity contribution in [2.45, 2.75) is 58.8 Å². The van der Waals surface area contributed by atoms with Gasteiger partial charge in [0.15, 0.2) is 0 Å². The van der Waals surface area contributed by atoms with Gasteiger partial charge < -0.3 is 0 Å². The van der Waals surface area contributed by atoms with Gasteiger partial charge >= 0.3 is 0 Å². The molecule has 0 saturated heterocycles. The molecule has 0 heteroatoms. The van der Waals surface area contributed by atoms with Crippen LogP contribution in [0.3, 0.4) is 0 Å². The molecule has 3 aromatic rings. The van der Waals surface area contributed by atoms with Gasteiger partial charge in [-0.05, 0) is 71.0 Å². The van der Waals surface area contributed by atoms with Crippen molar-refractivity contribution in [3.05, 3.63) is 82.9 Å². The van der Waals surface area contributed by atoms with Crippen LogP contribution >= 0.6 is 0 Å². The first-order chi connectivity index (χ1) is 12.2. The lowest BCUT2D eigenvalue weighted by Crippen LogP contribution is -2.05. The first kappa shape index (κ1) is 17.7. The van der Waals surface area contributed by atoms with Crippen LogP contribution in [0, 0.1) is 0 Å². The zero-order valence-electron chi connectivity index (χ0n) is 15.9. The lowest BCUT2D eigenvalue weighted by Gasteiger charge is -2.18. The summed E-state index contributed by atoms with van der Waals surface area (Å²) in [6.45, 7) is 6.73. The first-order valence-electron chi connectivity index (χ1n) is 9.78. The Balaban J connectivity index is 0.000000146. The van der Waals surface area contributed by atoms with Crippen LogP contribution in [0.1, 0.15) is 61.8 Å². The summed E-state index contributed by atoms with van der Waals surface area (Å²) >= 11 is 0. The molecule has 4 rings (SSSR count). The number of rotatable bonds is 2. The Morgan fingerprint density at radius 1 is 0.800 bits per heavy atom. The lowest BCUT2D eigenvalue weighted by atomic mass is 9.87. The Kier molecular flexibility index (Phi) is 5.91. The Hall–Kier alpha value is -2.08. The molecule has 0 heterocycles. The van der Waals surface area contributed by atoms with E-state index in [0.29, 0.717) is 5.92 Å². The highest BCUT2D eigenvalue weighted by molar-refractivity contribution is 5.86. The second-order valence-corrected chi connectivity index (χ2v) is 7.34. The molecular weight excluding hydrogens is 300 g/mol. The molecule has 0 N–H and O–H groups in total. The van der Waals surface area contributed by atoms with Gasteiger partial charge in [-0.1, -0.05) is 81.4 Å². The highest BCUT2D eigenvalue weighted by atomic mass is 14.2. The fourth-order valence-corrected chi connectivity index (χ4v) is 3.95. The zero-order chi connectivity index (χ0) is 17.6. The first-order valence-corrected chi connectivity index (χ1v) is 9.78. The quantitative estimate of drug-likeness (QED) is 0.470. The molecule has 0 spiro atoms. The SMILES string of the molecule is CC(C)c1cccc2ccccc12.CCc1cccc2c1CCCC2. The summed E-state index contributed by atoms with van der Waals surface area (Å²) in [5.74, 6) is 0.603. The van der Waals surface area contributed by atoms with E-state index in [1.54, 1.807) is 16.7 Å². The molecule has 0 saturated carbocycles. The summed E-state index contributed by atoms with van der Waals surface area (Å²) < 4.78 is 0. The van der Waals surface area contributed by atoms with Gasteiger partial charge in [0, 0.05) is 0 Å². The maximum absolute atomic E-state index is 2.30. The van der Waals surface area contributed by atoms with Crippen molar-refractivity contribution >= 4 is 10.8 Å². The van der Waals surface area contributed by atoms with Crippen molar-refractivity contribution in [2.75, 3.05) is 0 Å². The standard InChI is InChI=1S/C13H14.C12H16/c1-10(2)12-9-5-7-11-6-3-4-8-13(11)12;1-2-10-7-5-8-11-6-3-4-9-12(10)11/h3-10H,1-2H3;5,7-8H,2-4,6,9H2,1H3. The summed E-state index contributed by atoms with van der Waals surface area (Å²) in [6, 6.07) is 21.9. The summed E-state index contributed by atoms with van der Waals surface area (Å²) in [4.78, 5) is 0. The van der Waals surface area contributed by atoms with Crippen LogP contribution in [0.25, 0.3) is 10.8 Å². The number of hydrogen-bond acceptors (Lipinski definition) is 0. The molecule has 1 aliphatic rings. The van der Waals surface area contributed by atoms with Crippen LogP contribution in [0.2, 0.25) is 0 Å². The second-order valence-electron chi connectivity index (χ2n) is 7.34. The molecule has 0 fully saturated rings. The predicted octanol–water partition coefficient (Wildman–Crippen LogP) is 7.09. The minimum Gasteiger partial charge on any atom is -0.0617 e. The lowest BCUT2D eigenvalue weighted by molar-refractivity contribution is 0.679. The molecule has 25 heavy (non-hydrogen) atoms. The molecule has 130 valence electrons. The highest BCUT2D eigenvalue weighted by Gasteiger charge is 2.10. The van der Waals surface area contributed by atoms with E-state index < -0.39 is 0 Å². The molecule has 0 nitrogen and oxygen atoms in total. The van der Waals surface area contributed by atoms with Gasteiger partial charge in [0.1, 0.15) is 0 Å². The van der Waals surface area contributed by atoms with Crippen molar-refractivity contribution in [1.82, 2.24) is 0 Å². The summed E-state index contributed by atoms with van der Waals surface area (Å²) in [6.07, 6.45) is 6.61. The van der Waals surface area contributed by atoms with Crippen molar-refractivity contribution in [3.63, 3.8) is 0 Å². The van der Waals surface area contributed by atoms with E-state index in [2.05, 4.69) is 81.4 Å². The third-order valence-electron chi connectivity index (χ3n) is 5.32. The van der Waals surface area contributed by atoms with Crippen LogP contribution in [0.15, 0.2) is 60.7 Å². The molecule has 0 bridgehead atoms. The van der Waals surface area contributed by atoms with Crippen molar-refractivity contribution in [1.29, 1.82) is 0 Å². The molecular formula is C25H30. The van der Waals surface area contributed by atoms with Crippen LogP contribution in [-0.2, 0) is 19.3 Å². The van der Waals surface area contributed by atoms with E-state index in [9.17, 15) is 0 Å². The van der Waals surface area contributed by atoms with Crippen molar-refractivity contribution in [3.8, 4) is 0 Å². The number of benzene rings is 3. The van der Waals surface area contributed by atoms with Gasteiger partial charge in [-0.15, -0.1) is 0 Å². The second kappa shape index (κ2) is 8.34. The van der Waals surface area contributed by atoms with Crippen molar-refractivity contribution in [2.24, 2.45) is 0 Å². The predicted molar refractivity (Wildman–Crippen MR) is 110 cm³/mol. The van der Waals surface area contributed by atoms with Gasteiger partial charge in [-0.3, -0.25) is 0 Å². The van der Waals surface area contributed by atoms with Crippen LogP contribution in [0.4, 0.5) is 0 Å².